The van der Waals surface area contributed by atoms with Crippen LogP contribution in [0.25, 0.3) is 0 Å². The molecule has 0 aliphatic rings. The molecule has 2 nitrogen and oxygen atoms in total. The zero-order chi connectivity index (χ0) is 12.1. The van der Waals surface area contributed by atoms with E-state index in [-0.39, 0.29) is 5.82 Å². The number of carbonyl (C=O) groups excluding carboxylic acids is 1. The van der Waals surface area contributed by atoms with Gasteiger partial charge in [0.25, 0.3) is 0 Å². The smallest absolute Gasteiger partial charge is 0.166 e. The van der Waals surface area contributed by atoms with Crippen LogP contribution < -0.4 is 0 Å². The molecule has 0 unspecified atom stereocenters. The van der Waals surface area contributed by atoms with Crippen molar-refractivity contribution in [2.24, 2.45) is 0 Å². The van der Waals surface area contributed by atoms with Crippen LogP contribution in [-0.2, 0) is 6.54 Å². The highest BCUT2D eigenvalue weighted by Crippen LogP contribution is 2.01. The predicted molar refractivity (Wildman–Crippen MR) is 63.1 cm³/mol. The monoisotopic (exact) mass is 227 g/mol. The van der Waals surface area contributed by atoms with Crippen molar-refractivity contribution < 1.29 is 9.18 Å². The zero-order valence-corrected chi connectivity index (χ0v) is 9.06. The number of rotatable bonds is 2. The van der Waals surface area contributed by atoms with Gasteiger partial charge >= 0.3 is 0 Å². The topological polar surface area (TPSA) is 22.0 Å². The van der Waals surface area contributed by atoms with Gasteiger partial charge in [-0.1, -0.05) is 11.8 Å². The molecule has 0 spiro atoms. The zero-order valence-electron chi connectivity index (χ0n) is 9.06. The molecule has 0 aliphatic carbocycles. The number of benzene rings is 1. The molecule has 0 bridgehead atoms. The third kappa shape index (κ3) is 2.82. The maximum Gasteiger partial charge on any atom is 0.166 e. The van der Waals surface area contributed by atoms with E-state index >= 15 is 0 Å². The lowest BCUT2D eigenvalue weighted by molar-refractivity contribution is 0.111. The highest BCUT2D eigenvalue weighted by molar-refractivity contribution is 5.72. The Morgan fingerprint density at radius 1 is 1.24 bits per heavy atom. The van der Waals surface area contributed by atoms with Crippen LogP contribution in [0.4, 0.5) is 4.39 Å². The Labute approximate surface area is 98.7 Å². The van der Waals surface area contributed by atoms with Gasteiger partial charge in [-0.15, -0.1) is 0 Å². The van der Waals surface area contributed by atoms with E-state index in [0.717, 1.165) is 11.8 Å². The summed E-state index contributed by atoms with van der Waals surface area (Å²) in [7, 11) is 0. The number of hydrogen-bond donors (Lipinski definition) is 0. The van der Waals surface area contributed by atoms with Gasteiger partial charge in [-0.05, 0) is 36.4 Å². The molecule has 1 aromatic heterocycles. The quantitative estimate of drug-likeness (QED) is 0.570. The molecule has 1 aromatic carbocycles. The van der Waals surface area contributed by atoms with Crippen LogP contribution in [0.15, 0.2) is 42.6 Å². The van der Waals surface area contributed by atoms with Crippen molar-refractivity contribution in [3.05, 3.63) is 59.7 Å². The summed E-state index contributed by atoms with van der Waals surface area (Å²) < 4.78 is 14.4. The van der Waals surface area contributed by atoms with Gasteiger partial charge in [0, 0.05) is 11.8 Å². The molecule has 0 N–H and O–H groups in total. The fraction of sp³-hybridized carbons (Fsp3) is 0.0714. The van der Waals surface area contributed by atoms with Crippen molar-refractivity contribution in [1.29, 1.82) is 0 Å². The van der Waals surface area contributed by atoms with Crippen molar-refractivity contribution in [2.75, 3.05) is 0 Å². The number of aldehydes is 1. The molecule has 0 fully saturated rings. The molecule has 3 heteroatoms. The summed E-state index contributed by atoms with van der Waals surface area (Å²) in [6.07, 6.45) is 2.59. The van der Waals surface area contributed by atoms with Gasteiger partial charge in [-0.3, -0.25) is 4.79 Å². The van der Waals surface area contributed by atoms with E-state index in [2.05, 4.69) is 11.8 Å². The minimum Gasteiger partial charge on any atom is -0.334 e. The van der Waals surface area contributed by atoms with E-state index in [4.69, 9.17) is 0 Å². The maximum atomic E-state index is 12.6. The number of aromatic nitrogens is 1. The summed E-state index contributed by atoms with van der Waals surface area (Å²) >= 11 is 0. The van der Waals surface area contributed by atoms with E-state index < -0.39 is 0 Å². The first-order valence-corrected chi connectivity index (χ1v) is 5.14. The van der Waals surface area contributed by atoms with E-state index in [1.165, 1.54) is 12.1 Å². The average molecular weight is 227 g/mol. The van der Waals surface area contributed by atoms with Gasteiger partial charge in [0.2, 0.25) is 0 Å². The van der Waals surface area contributed by atoms with Gasteiger partial charge in [-0.2, -0.15) is 0 Å². The summed E-state index contributed by atoms with van der Waals surface area (Å²) in [4.78, 5) is 10.6. The van der Waals surface area contributed by atoms with E-state index in [9.17, 15) is 9.18 Å². The fourth-order valence-corrected chi connectivity index (χ4v) is 1.44. The highest BCUT2D eigenvalue weighted by atomic mass is 19.1. The first kappa shape index (κ1) is 11.2. The van der Waals surface area contributed by atoms with Crippen molar-refractivity contribution in [1.82, 2.24) is 4.57 Å². The molecule has 0 saturated carbocycles. The van der Waals surface area contributed by atoms with Crippen LogP contribution in [0.5, 0.6) is 0 Å². The third-order valence-corrected chi connectivity index (χ3v) is 2.31. The predicted octanol–water partition coefficient (Wildman–Crippen LogP) is 2.49. The molecule has 2 rings (SSSR count). The number of nitrogens with zero attached hydrogens (tertiary/aromatic N) is 1. The summed E-state index contributed by atoms with van der Waals surface area (Å²) in [5, 5.41) is 0. The fourth-order valence-electron chi connectivity index (χ4n) is 1.44. The second-order valence-corrected chi connectivity index (χ2v) is 3.49. The SMILES string of the molecule is O=Cc1cccn1CC#Cc1ccc(F)cc1. The van der Waals surface area contributed by atoms with E-state index in [0.29, 0.717) is 12.2 Å². The molecule has 0 saturated heterocycles. The van der Waals surface area contributed by atoms with Gasteiger partial charge < -0.3 is 4.57 Å². The molecule has 2 aromatic rings. The van der Waals surface area contributed by atoms with Gasteiger partial charge in [0.05, 0.1) is 12.2 Å². The molecule has 0 radical (unpaired) electrons. The van der Waals surface area contributed by atoms with Crippen LogP contribution in [-0.4, -0.2) is 10.9 Å². The molecule has 1 heterocycles. The summed E-state index contributed by atoms with van der Waals surface area (Å²) in [5.41, 5.74) is 1.35. The maximum absolute atomic E-state index is 12.6. The summed E-state index contributed by atoms with van der Waals surface area (Å²) in [6, 6.07) is 9.51. The van der Waals surface area contributed by atoms with Gasteiger partial charge in [0.15, 0.2) is 6.29 Å². The van der Waals surface area contributed by atoms with Crippen molar-refractivity contribution in [3.63, 3.8) is 0 Å². The largest absolute Gasteiger partial charge is 0.334 e. The van der Waals surface area contributed by atoms with Crippen LogP contribution in [0.2, 0.25) is 0 Å². The number of hydrogen-bond acceptors (Lipinski definition) is 1. The number of halogens is 1. The first-order chi connectivity index (χ1) is 8.29. The Morgan fingerprint density at radius 3 is 2.71 bits per heavy atom. The lowest BCUT2D eigenvalue weighted by Gasteiger charge is -1.97. The molecule has 0 atom stereocenters. The minimum absolute atomic E-state index is 0.274. The molecule has 0 aliphatic heterocycles. The van der Waals surface area contributed by atoms with Gasteiger partial charge in [-0.25, -0.2) is 4.39 Å². The second-order valence-electron chi connectivity index (χ2n) is 3.49. The van der Waals surface area contributed by atoms with Crippen molar-refractivity contribution in [2.45, 2.75) is 6.54 Å². The van der Waals surface area contributed by atoms with E-state index in [1.54, 1.807) is 35.0 Å². The molecule has 17 heavy (non-hydrogen) atoms. The van der Waals surface area contributed by atoms with Crippen molar-refractivity contribution in [3.8, 4) is 11.8 Å². The summed E-state index contributed by atoms with van der Waals surface area (Å²) in [5.74, 6) is 5.56. The highest BCUT2D eigenvalue weighted by Gasteiger charge is 1.95. The lowest BCUT2D eigenvalue weighted by atomic mass is 10.2. The normalized spacial score (nSPS) is 9.47. The number of carbonyl (C=O) groups is 1. The molecular formula is C14H10FNO. The molecule has 84 valence electrons. The van der Waals surface area contributed by atoms with Crippen LogP contribution >= 0.6 is 0 Å². The van der Waals surface area contributed by atoms with Crippen LogP contribution in [0.3, 0.4) is 0 Å². The Bertz CT molecular complexity index is 572. The van der Waals surface area contributed by atoms with E-state index in [1.807, 2.05) is 0 Å². The second kappa shape index (κ2) is 5.13. The molecule has 0 amide bonds. The van der Waals surface area contributed by atoms with Crippen LogP contribution in [0, 0.1) is 17.7 Å². The average Bonchev–Trinajstić information content (AvgIpc) is 2.79. The lowest BCUT2D eigenvalue weighted by Crippen LogP contribution is -1.98. The van der Waals surface area contributed by atoms with Crippen molar-refractivity contribution >= 4 is 6.29 Å². The Kier molecular flexibility index (Phi) is 3.37. The first-order valence-electron chi connectivity index (χ1n) is 5.14. The van der Waals surface area contributed by atoms with Gasteiger partial charge in [0.1, 0.15) is 5.82 Å². The molecular weight excluding hydrogens is 217 g/mol. The Hall–Kier alpha value is -2.34. The minimum atomic E-state index is -0.274. The summed E-state index contributed by atoms with van der Waals surface area (Å²) in [6.45, 7) is 0.443. The Morgan fingerprint density at radius 2 is 2.00 bits per heavy atom. The Balaban J connectivity index is 2.08. The van der Waals surface area contributed by atoms with Crippen LogP contribution in [0.1, 0.15) is 16.1 Å². The third-order valence-electron chi connectivity index (χ3n) is 2.31. The standard InChI is InChI=1S/C14H10FNO/c15-13-7-5-12(6-8-13)3-1-9-16-10-2-4-14(16)11-17/h2,4-8,10-11H,9H2.